The van der Waals surface area contributed by atoms with Gasteiger partial charge in [0.2, 0.25) is 11.8 Å². The number of esters is 1. The number of rotatable bonds is 12. The molecule has 2 aromatic carbocycles. The quantitative estimate of drug-likeness (QED) is 0.367. The summed E-state index contributed by atoms with van der Waals surface area (Å²) in [5.74, 6) is -1.67. The van der Waals surface area contributed by atoms with E-state index >= 15 is 0 Å². The Hall–Kier alpha value is -3.88. The van der Waals surface area contributed by atoms with Crippen molar-refractivity contribution in [2.75, 3.05) is 13.7 Å². The molecule has 204 valence electrons. The minimum Gasteiger partial charge on any atom is -0.467 e. The lowest BCUT2D eigenvalue weighted by Crippen LogP contribution is -2.53. The van der Waals surface area contributed by atoms with Gasteiger partial charge in [-0.15, -0.1) is 0 Å². The second-order valence-electron chi connectivity index (χ2n) is 9.92. The first-order chi connectivity index (χ1) is 18.3. The van der Waals surface area contributed by atoms with Crippen molar-refractivity contribution in [2.45, 2.75) is 57.7 Å². The van der Waals surface area contributed by atoms with Crippen LogP contribution in [0.5, 0.6) is 0 Å². The molecule has 1 aliphatic rings. The molecule has 1 aliphatic heterocycles. The first kappa shape index (κ1) is 28.7. The summed E-state index contributed by atoms with van der Waals surface area (Å²) in [5.41, 5.74) is 1.83. The summed E-state index contributed by atoms with van der Waals surface area (Å²) in [7, 11) is 1.23. The third-order valence-electron chi connectivity index (χ3n) is 6.49. The molecule has 0 radical (unpaired) electrons. The first-order valence-electron chi connectivity index (χ1n) is 13.0. The van der Waals surface area contributed by atoms with E-state index in [1.165, 1.54) is 7.11 Å². The SMILES string of the molecule is COC(=O)[C@H](CC1CCNC1=O)NC(=O)[C@H](CC(C)C)NC(=O)OC(Cc1ccccc1)c1ccccc1. The summed E-state index contributed by atoms with van der Waals surface area (Å²) in [6.45, 7) is 4.38. The summed E-state index contributed by atoms with van der Waals surface area (Å²) in [6, 6.07) is 17.2. The van der Waals surface area contributed by atoms with Crippen LogP contribution < -0.4 is 16.0 Å². The van der Waals surface area contributed by atoms with E-state index < -0.39 is 42.1 Å². The molecular formula is C29H37N3O6. The Bertz CT molecular complexity index is 1080. The number of carbonyl (C=O) groups is 4. The molecule has 1 heterocycles. The second kappa shape index (κ2) is 14.2. The highest BCUT2D eigenvalue weighted by atomic mass is 16.6. The molecule has 0 saturated carbocycles. The van der Waals surface area contributed by atoms with E-state index in [1.54, 1.807) is 0 Å². The maximum atomic E-state index is 13.3. The van der Waals surface area contributed by atoms with Crippen molar-refractivity contribution < 1.29 is 28.7 Å². The topological polar surface area (TPSA) is 123 Å². The predicted octanol–water partition coefficient (Wildman–Crippen LogP) is 3.30. The molecule has 3 N–H and O–H groups in total. The summed E-state index contributed by atoms with van der Waals surface area (Å²) in [6.07, 6.45) is 0.187. The lowest BCUT2D eigenvalue weighted by molar-refractivity contribution is -0.146. The smallest absolute Gasteiger partial charge is 0.408 e. The van der Waals surface area contributed by atoms with E-state index in [0.717, 1.165) is 11.1 Å². The number of carbonyl (C=O) groups excluding carboxylic acids is 4. The van der Waals surface area contributed by atoms with Gasteiger partial charge in [-0.05, 0) is 36.3 Å². The Labute approximate surface area is 223 Å². The molecule has 1 saturated heterocycles. The van der Waals surface area contributed by atoms with E-state index in [4.69, 9.17) is 9.47 Å². The van der Waals surface area contributed by atoms with Gasteiger partial charge in [0.1, 0.15) is 18.2 Å². The molecule has 0 aromatic heterocycles. The Morgan fingerprint density at radius 3 is 2.21 bits per heavy atom. The van der Waals surface area contributed by atoms with Crippen LogP contribution in [0, 0.1) is 11.8 Å². The lowest BCUT2D eigenvalue weighted by Gasteiger charge is -2.25. The molecule has 2 aromatic rings. The average molecular weight is 524 g/mol. The van der Waals surface area contributed by atoms with Gasteiger partial charge in [0, 0.05) is 18.9 Å². The minimum atomic E-state index is -1.01. The molecule has 0 bridgehead atoms. The zero-order chi connectivity index (χ0) is 27.5. The van der Waals surface area contributed by atoms with Crippen LogP contribution in [-0.2, 0) is 30.3 Å². The van der Waals surface area contributed by atoms with Crippen molar-refractivity contribution in [1.82, 2.24) is 16.0 Å². The largest absolute Gasteiger partial charge is 0.467 e. The van der Waals surface area contributed by atoms with Crippen molar-refractivity contribution in [1.29, 1.82) is 0 Å². The fraction of sp³-hybridized carbons (Fsp3) is 0.448. The van der Waals surface area contributed by atoms with Gasteiger partial charge in [-0.2, -0.15) is 0 Å². The van der Waals surface area contributed by atoms with Gasteiger partial charge in [-0.1, -0.05) is 74.5 Å². The lowest BCUT2D eigenvalue weighted by atomic mass is 9.97. The van der Waals surface area contributed by atoms with Crippen molar-refractivity contribution in [3.8, 4) is 0 Å². The molecule has 4 atom stereocenters. The standard InChI is InChI=1S/C29H37N3O6/c1-19(2)16-23(27(34)31-24(28(35)37-3)18-22-14-15-30-26(22)33)32-29(36)38-25(21-12-8-5-9-13-21)17-20-10-6-4-7-11-20/h4-13,19,22-25H,14-18H2,1-3H3,(H,30,33)(H,31,34)(H,32,36)/t22?,23-,24-,25?/m0/s1. The molecule has 2 unspecified atom stereocenters. The number of nitrogens with one attached hydrogen (secondary N) is 3. The Kier molecular flexibility index (Phi) is 10.7. The normalized spacial score (nSPS) is 17.2. The van der Waals surface area contributed by atoms with E-state index in [9.17, 15) is 19.2 Å². The van der Waals surface area contributed by atoms with Crippen molar-refractivity contribution in [2.24, 2.45) is 11.8 Å². The summed E-state index contributed by atoms with van der Waals surface area (Å²) in [5, 5.41) is 8.11. The predicted molar refractivity (Wildman–Crippen MR) is 142 cm³/mol. The maximum Gasteiger partial charge on any atom is 0.408 e. The van der Waals surface area contributed by atoms with Gasteiger partial charge in [0.05, 0.1) is 7.11 Å². The maximum absolute atomic E-state index is 13.3. The number of hydrogen-bond donors (Lipinski definition) is 3. The molecular weight excluding hydrogens is 486 g/mol. The fourth-order valence-corrected chi connectivity index (χ4v) is 4.51. The first-order valence-corrected chi connectivity index (χ1v) is 13.0. The van der Waals surface area contributed by atoms with Crippen LogP contribution >= 0.6 is 0 Å². The number of methoxy groups -OCH3 is 1. The van der Waals surface area contributed by atoms with E-state index in [1.807, 2.05) is 74.5 Å². The van der Waals surface area contributed by atoms with Gasteiger partial charge in [0.25, 0.3) is 0 Å². The Morgan fingerprint density at radius 1 is 0.974 bits per heavy atom. The number of amides is 3. The summed E-state index contributed by atoms with van der Waals surface area (Å²) < 4.78 is 10.7. The molecule has 9 heteroatoms. The molecule has 38 heavy (non-hydrogen) atoms. The highest BCUT2D eigenvalue weighted by Gasteiger charge is 2.34. The second-order valence-corrected chi connectivity index (χ2v) is 9.92. The van der Waals surface area contributed by atoms with Gasteiger partial charge in [-0.3, -0.25) is 9.59 Å². The van der Waals surface area contributed by atoms with E-state index in [2.05, 4.69) is 16.0 Å². The van der Waals surface area contributed by atoms with Crippen LogP contribution in [0.4, 0.5) is 4.79 Å². The number of alkyl carbamates (subject to hydrolysis) is 1. The highest BCUT2D eigenvalue weighted by molar-refractivity contribution is 5.90. The van der Waals surface area contributed by atoms with Crippen LogP contribution in [0.25, 0.3) is 0 Å². The van der Waals surface area contributed by atoms with E-state index in [-0.39, 0.29) is 18.2 Å². The molecule has 0 spiro atoms. The molecule has 9 nitrogen and oxygen atoms in total. The van der Waals surface area contributed by atoms with Gasteiger partial charge < -0.3 is 25.4 Å². The van der Waals surface area contributed by atoms with Gasteiger partial charge in [-0.25, -0.2) is 9.59 Å². The minimum absolute atomic E-state index is 0.0671. The van der Waals surface area contributed by atoms with Crippen LogP contribution in [-0.4, -0.2) is 49.6 Å². The fourth-order valence-electron chi connectivity index (χ4n) is 4.51. The average Bonchev–Trinajstić information content (AvgIpc) is 3.31. The number of benzene rings is 2. The van der Waals surface area contributed by atoms with Crippen LogP contribution in [0.1, 0.15) is 50.3 Å². The third kappa shape index (κ3) is 8.61. The van der Waals surface area contributed by atoms with Crippen LogP contribution in [0.15, 0.2) is 60.7 Å². The zero-order valence-corrected chi connectivity index (χ0v) is 22.1. The van der Waals surface area contributed by atoms with Crippen molar-refractivity contribution in [3.05, 3.63) is 71.8 Å². The Morgan fingerprint density at radius 2 is 1.63 bits per heavy atom. The third-order valence-corrected chi connectivity index (χ3v) is 6.49. The van der Waals surface area contributed by atoms with Crippen molar-refractivity contribution >= 4 is 23.9 Å². The molecule has 1 fully saturated rings. The van der Waals surface area contributed by atoms with Gasteiger partial charge in [0.15, 0.2) is 0 Å². The molecule has 0 aliphatic carbocycles. The Balaban J connectivity index is 1.71. The monoisotopic (exact) mass is 523 g/mol. The molecule has 3 amide bonds. The summed E-state index contributed by atoms with van der Waals surface area (Å²) >= 11 is 0. The van der Waals surface area contributed by atoms with Gasteiger partial charge >= 0.3 is 12.1 Å². The molecule has 3 rings (SSSR count). The number of ether oxygens (including phenoxy) is 2. The summed E-state index contributed by atoms with van der Waals surface area (Å²) in [4.78, 5) is 50.7. The van der Waals surface area contributed by atoms with Crippen LogP contribution in [0.3, 0.4) is 0 Å². The zero-order valence-electron chi connectivity index (χ0n) is 22.1. The van der Waals surface area contributed by atoms with Crippen LogP contribution in [0.2, 0.25) is 0 Å². The highest BCUT2D eigenvalue weighted by Crippen LogP contribution is 2.23. The van der Waals surface area contributed by atoms with Crippen molar-refractivity contribution in [3.63, 3.8) is 0 Å². The van der Waals surface area contributed by atoms with E-state index in [0.29, 0.717) is 25.8 Å². The number of hydrogen-bond acceptors (Lipinski definition) is 6.